The molecule has 2 aromatic heterocycles. The van der Waals surface area contributed by atoms with Crippen molar-refractivity contribution >= 4 is 23.2 Å². The maximum Gasteiger partial charge on any atom is 0.433 e. The summed E-state index contributed by atoms with van der Waals surface area (Å²) in [4.78, 5) is 14.9. The predicted molar refractivity (Wildman–Crippen MR) is 59.0 cm³/mol. The number of halogens is 4. The van der Waals surface area contributed by atoms with Crippen molar-refractivity contribution in [2.24, 2.45) is 0 Å². The molecule has 102 valence electrons. The molecule has 5 nitrogen and oxygen atoms in total. The molecule has 2 aromatic rings. The number of hydrogen-bond acceptors (Lipinski definition) is 4. The van der Waals surface area contributed by atoms with Crippen molar-refractivity contribution in [2.75, 3.05) is 6.61 Å². The molecule has 2 rings (SSSR count). The fraction of sp³-hybridized carbons (Fsp3) is 0.300. The highest BCUT2D eigenvalue weighted by atomic mass is 35.5. The molecule has 0 aliphatic heterocycles. The third-order valence-corrected chi connectivity index (χ3v) is 2.48. The van der Waals surface area contributed by atoms with Gasteiger partial charge in [-0.15, -0.1) is 0 Å². The van der Waals surface area contributed by atoms with Crippen molar-refractivity contribution < 1.29 is 22.7 Å². The average molecular weight is 294 g/mol. The summed E-state index contributed by atoms with van der Waals surface area (Å²) in [6.45, 7) is 1.66. The van der Waals surface area contributed by atoms with E-state index < -0.39 is 17.8 Å². The zero-order valence-electron chi connectivity index (χ0n) is 9.53. The normalized spacial score (nSPS) is 11.8. The summed E-state index contributed by atoms with van der Waals surface area (Å²) < 4.78 is 43.5. The Morgan fingerprint density at radius 1 is 1.53 bits per heavy atom. The molecule has 9 heteroatoms. The summed E-state index contributed by atoms with van der Waals surface area (Å²) >= 11 is 5.67. The average Bonchev–Trinajstić information content (AvgIpc) is 2.72. The number of alkyl halides is 3. The highest BCUT2D eigenvalue weighted by Crippen LogP contribution is 2.30. The topological polar surface area (TPSA) is 56.5 Å². The second-order valence-corrected chi connectivity index (χ2v) is 3.86. The number of esters is 1. The van der Waals surface area contributed by atoms with E-state index in [1.807, 2.05) is 0 Å². The van der Waals surface area contributed by atoms with E-state index in [-0.39, 0.29) is 23.0 Å². The number of ether oxygens (including phenoxy) is 1. The van der Waals surface area contributed by atoms with Gasteiger partial charge in [0.15, 0.2) is 5.65 Å². The van der Waals surface area contributed by atoms with Gasteiger partial charge in [-0.3, -0.25) is 0 Å². The highest BCUT2D eigenvalue weighted by Gasteiger charge is 2.34. The lowest BCUT2D eigenvalue weighted by atomic mass is 10.3. The molecule has 0 saturated heterocycles. The van der Waals surface area contributed by atoms with Crippen LogP contribution < -0.4 is 0 Å². The number of carbonyl (C=O) groups is 1. The van der Waals surface area contributed by atoms with Gasteiger partial charge in [-0.05, 0) is 6.92 Å². The molecule has 0 spiro atoms. The van der Waals surface area contributed by atoms with Crippen LogP contribution in [0.15, 0.2) is 12.3 Å². The van der Waals surface area contributed by atoms with Crippen LogP contribution in [0.3, 0.4) is 0 Å². The largest absolute Gasteiger partial charge is 0.462 e. The van der Waals surface area contributed by atoms with Crippen LogP contribution in [-0.4, -0.2) is 27.2 Å². The highest BCUT2D eigenvalue weighted by molar-refractivity contribution is 6.29. The first-order valence-electron chi connectivity index (χ1n) is 5.13. The molecule has 0 saturated carbocycles. The third kappa shape index (κ3) is 2.48. The van der Waals surface area contributed by atoms with Crippen LogP contribution in [0.5, 0.6) is 0 Å². The van der Waals surface area contributed by atoms with Crippen LogP contribution in [0.4, 0.5) is 13.2 Å². The van der Waals surface area contributed by atoms with Crippen LogP contribution in [0.25, 0.3) is 5.65 Å². The fourth-order valence-electron chi connectivity index (χ4n) is 1.42. The summed E-state index contributed by atoms with van der Waals surface area (Å²) in [5, 5.41) is 3.40. The molecule has 0 N–H and O–H groups in total. The maximum absolute atomic E-state index is 12.6. The molecule has 0 aliphatic rings. The Morgan fingerprint density at radius 3 is 2.79 bits per heavy atom. The van der Waals surface area contributed by atoms with E-state index in [0.717, 1.165) is 10.7 Å². The second-order valence-electron chi connectivity index (χ2n) is 3.48. The maximum atomic E-state index is 12.6. The molecule has 0 aliphatic carbocycles. The molecule has 0 bridgehead atoms. The molecule has 0 aromatic carbocycles. The summed E-state index contributed by atoms with van der Waals surface area (Å²) in [6.07, 6.45) is -3.60. The minimum absolute atomic E-state index is 0.0862. The van der Waals surface area contributed by atoms with E-state index in [2.05, 4.69) is 10.1 Å². The zero-order valence-corrected chi connectivity index (χ0v) is 10.3. The molecule has 0 unspecified atom stereocenters. The molecule has 0 amide bonds. The van der Waals surface area contributed by atoms with E-state index in [1.54, 1.807) is 6.92 Å². The van der Waals surface area contributed by atoms with Crippen molar-refractivity contribution in [1.29, 1.82) is 0 Å². The molecular formula is C10H7ClF3N3O2. The smallest absolute Gasteiger partial charge is 0.433 e. The Balaban J connectivity index is 2.63. The van der Waals surface area contributed by atoms with E-state index in [9.17, 15) is 18.0 Å². The minimum atomic E-state index is -4.67. The molecule has 0 radical (unpaired) electrons. The zero-order chi connectivity index (χ0) is 14.2. The molecule has 2 heterocycles. The lowest BCUT2D eigenvalue weighted by molar-refractivity contribution is -0.141. The van der Waals surface area contributed by atoms with Crippen molar-refractivity contribution in [3.8, 4) is 0 Å². The van der Waals surface area contributed by atoms with Gasteiger partial charge in [-0.2, -0.15) is 18.3 Å². The van der Waals surface area contributed by atoms with Crippen molar-refractivity contribution in [1.82, 2.24) is 14.6 Å². The second kappa shape index (κ2) is 4.69. The van der Waals surface area contributed by atoms with Crippen molar-refractivity contribution in [3.63, 3.8) is 0 Å². The van der Waals surface area contributed by atoms with Crippen LogP contribution in [-0.2, 0) is 10.9 Å². The van der Waals surface area contributed by atoms with Gasteiger partial charge in [0.2, 0.25) is 0 Å². The van der Waals surface area contributed by atoms with E-state index in [1.165, 1.54) is 0 Å². The Bertz CT molecular complexity index is 639. The number of nitrogens with zero attached hydrogens (tertiary/aromatic N) is 3. The Morgan fingerprint density at radius 2 is 2.21 bits per heavy atom. The van der Waals surface area contributed by atoms with Gasteiger partial charge in [0.05, 0.1) is 12.8 Å². The van der Waals surface area contributed by atoms with E-state index in [0.29, 0.717) is 6.07 Å². The number of carbonyl (C=O) groups excluding carboxylic acids is 1. The molecule has 19 heavy (non-hydrogen) atoms. The standard InChI is InChI=1S/C10H7ClF3N3O2/c1-2-19-9(18)5-4-15-17-7(11)3-6(10(12,13)14)16-8(5)17/h3-4H,2H2,1H3. The first kappa shape index (κ1) is 13.6. The quantitative estimate of drug-likeness (QED) is 0.631. The van der Waals surface area contributed by atoms with E-state index in [4.69, 9.17) is 16.3 Å². The summed E-state index contributed by atoms with van der Waals surface area (Å²) in [7, 11) is 0. The van der Waals surface area contributed by atoms with Crippen molar-refractivity contribution in [2.45, 2.75) is 13.1 Å². The van der Waals surface area contributed by atoms with Crippen LogP contribution >= 0.6 is 11.6 Å². The molecular weight excluding hydrogens is 287 g/mol. The number of hydrogen-bond donors (Lipinski definition) is 0. The van der Waals surface area contributed by atoms with Crippen LogP contribution in [0.2, 0.25) is 5.15 Å². The number of fused-ring (bicyclic) bond motifs is 1. The predicted octanol–water partition coefficient (Wildman–Crippen LogP) is 2.58. The van der Waals surface area contributed by atoms with Gasteiger partial charge in [0, 0.05) is 6.07 Å². The summed E-state index contributed by atoms with van der Waals surface area (Å²) in [6, 6.07) is 0.635. The fourth-order valence-corrected chi connectivity index (χ4v) is 1.65. The summed E-state index contributed by atoms with van der Waals surface area (Å²) in [5.74, 6) is -0.805. The number of aromatic nitrogens is 3. The van der Waals surface area contributed by atoms with Gasteiger partial charge in [-0.25, -0.2) is 14.3 Å². The lowest BCUT2D eigenvalue weighted by Gasteiger charge is -2.07. The Kier molecular flexibility index (Phi) is 3.36. The molecule has 0 atom stereocenters. The van der Waals surface area contributed by atoms with Gasteiger partial charge in [-0.1, -0.05) is 11.6 Å². The monoisotopic (exact) mass is 293 g/mol. The summed E-state index contributed by atoms with van der Waals surface area (Å²) in [5.41, 5.74) is -1.66. The van der Waals surface area contributed by atoms with Crippen LogP contribution in [0, 0.1) is 0 Å². The van der Waals surface area contributed by atoms with Gasteiger partial charge >= 0.3 is 12.1 Å². The first-order chi connectivity index (χ1) is 8.84. The van der Waals surface area contributed by atoms with Gasteiger partial charge < -0.3 is 4.74 Å². The van der Waals surface area contributed by atoms with Crippen molar-refractivity contribution in [3.05, 3.63) is 28.7 Å². The number of rotatable bonds is 2. The third-order valence-electron chi connectivity index (χ3n) is 2.21. The van der Waals surface area contributed by atoms with Crippen LogP contribution in [0.1, 0.15) is 23.0 Å². The SMILES string of the molecule is CCOC(=O)c1cnn2c(Cl)cc(C(F)(F)F)nc12. The minimum Gasteiger partial charge on any atom is -0.462 e. The van der Waals surface area contributed by atoms with E-state index >= 15 is 0 Å². The Hall–Kier alpha value is -1.83. The molecule has 0 fully saturated rings. The first-order valence-corrected chi connectivity index (χ1v) is 5.51. The van der Waals surface area contributed by atoms with Gasteiger partial charge in [0.1, 0.15) is 16.4 Å². The lowest BCUT2D eigenvalue weighted by Crippen LogP contribution is -2.11. The Labute approximate surface area is 109 Å². The van der Waals surface area contributed by atoms with Gasteiger partial charge in [0.25, 0.3) is 0 Å².